The summed E-state index contributed by atoms with van der Waals surface area (Å²) in [6.45, 7) is 8.14. The lowest BCUT2D eigenvalue weighted by molar-refractivity contribution is 0.307. The van der Waals surface area contributed by atoms with Gasteiger partial charge in [0.05, 0.1) is 6.61 Å². The molecule has 0 aliphatic carbocycles. The maximum Gasteiger partial charge on any atom is 0.122 e. The monoisotopic (exact) mass is 207 g/mol. The van der Waals surface area contributed by atoms with Gasteiger partial charge in [0.2, 0.25) is 0 Å². The van der Waals surface area contributed by atoms with Gasteiger partial charge in [-0.15, -0.1) is 0 Å². The van der Waals surface area contributed by atoms with Gasteiger partial charge in [0.25, 0.3) is 0 Å². The van der Waals surface area contributed by atoms with Crippen molar-refractivity contribution in [3.8, 4) is 5.75 Å². The van der Waals surface area contributed by atoms with Crippen molar-refractivity contribution in [1.29, 1.82) is 0 Å². The fraction of sp³-hybridized carbons (Fsp3) is 0.538. The molecule has 0 spiro atoms. The molecule has 15 heavy (non-hydrogen) atoms. The van der Waals surface area contributed by atoms with Crippen LogP contribution in [0.15, 0.2) is 12.1 Å². The van der Waals surface area contributed by atoms with E-state index in [1.165, 1.54) is 16.7 Å². The van der Waals surface area contributed by atoms with Crippen LogP contribution >= 0.6 is 0 Å². The van der Waals surface area contributed by atoms with Crippen LogP contribution in [0.1, 0.15) is 23.1 Å². The first-order chi connectivity index (χ1) is 7.15. The molecule has 0 saturated carbocycles. The van der Waals surface area contributed by atoms with Crippen LogP contribution in [-0.4, -0.2) is 20.2 Å². The predicted molar refractivity (Wildman–Crippen MR) is 64.7 cm³/mol. The van der Waals surface area contributed by atoms with Gasteiger partial charge >= 0.3 is 0 Å². The Morgan fingerprint density at radius 2 is 1.73 bits per heavy atom. The molecule has 1 rings (SSSR count). The molecule has 2 nitrogen and oxygen atoms in total. The third-order valence-electron chi connectivity index (χ3n) is 2.62. The van der Waals surface area contributed by atoms with Crippen LogP contribution in [0.3, 0.4) is 0 Å². The molecule has 2 heteroatoms. The summed E-state index contributed by atoms with van der Waals surface area (Å²) in [6, 6.07) is 4.31. The number of nitrogens with one attached hydrogen (secondary N) is 1. The SMILES string of the molecule is CNCCCOc1cc(C)c(C)cc1C. The number of benzene rings is 1. The fourth-order valence-corrected chi connectivity index (χ4v) is 1.52. The Bertz CT molecular complexity index is 321. The van der Waals surface area contributed by atoms with E-state index >= 15 is 0 Å². The second-order valence-corrected chi connectivity index (χ2v) is 4.01. The van der Waals surface area contributed by atoms with E-state index in [4.69, 9.17) is 4.74 Å². The Morgan fingerprint density at radius 1 is 1.07 bits per heavy atom. The molecule has 0 unspecified atom stereocenters. The number of hydrogen-bond acceptors (Lipinski definition) is 2. The van der Waals surface area contributed by atoms with Crippen molar-refractivity contribution in [3.05, 3.63) is 28.8 Å². The van der Waals surface area contributed by atoms with E-state index in [0.717, 1.165) is 25.3 Å². The third-order valence-corrected chi connectivity index (χ3v) is 2.62. The second-order valence-electron chi connectivity index (χ2n) is 4.01. The Morgan fingerprint density at radius 3 is 2.40 bits per heavy atom. The minimum absolute atomic E-state index is 0.782. The normalized spacial score (nSPS) is 10.4. The minimum Gasteiger partial charge on any atom is -0.493 e. The highest BCUT2D eigenvalue weighted by Gasteiger charge is 2.02. The zero-order chi connectivity index (χ0) is 11.3. The van der Waals surface area contributed by atoms with Crippen LogP contribution in [0, 0.1) is 20.8 Å². The van der Waals surface area contributed by atoms with Crippen LogP contribution in [0.25, 0.3) is 0 Å². The molecular formula is C13H21NO. The van der Waals surface area contributed by atoms with Crippen molar-refractivity contribution in [2.45, 2.75) is 27.2 Å². The molecule has 1 aromatic rings. The van der Waals surface area contributed by atoms with E-state index in [1.807, 2.05) is 7.05 Å². The first kappa shape index (κ1) is 12.1. The highest BCUT2D eigenvalue weighted by molar-refractivity contribution is 5.40. The summed E-state index contributed by atoms with van der Waals surface area (Å²) < 4.78 is 5.73. The average Bonchev–Trinajstić information content (AvgIpc) is 2.20. The zero-order valence-corrected chi connectivity index (χ0v) is 10.2. The third kappa shape index (κ3) is 3.56. The van der Waals surface area contributed by atoms with Gasteiger partial charge in [0, 0.05) is 0 Å². The molecule has 0 aromatic heterocycles. The van der Waals surface area contributed by atoms with Crippen molar-refractivity contribution in [2.75, 3.05) is 20.2 Å². The molecule has 0 bridgehead atoms. The van der Waals surface area contributed by atoms with Crippen molar-refractivity contribution in [1.82, 2.24) is 5.32 Å². The standard InChI is InChI=1S/C13H21NO/c1-10-8-12(3)13(9-11(10)2)15-7-5-6-14-4/h8-9,14H,5-7H2,1-4H3. The Hall–Kier alpha value is -1.02. The molecule has 0 aliphatic rings. The van der Waals surface area contributed by atoms with Crippen LogP contribution < -0.4 is 10.1 Å². The molecule has 84 valence electrons. The number of hydrogen-bond donors (Lipinski definition) is 1. The molecule has 0 atom stereocenters. The number of rotatable bonds is 5. The molecule has 0 radical (unpaired) electrons. The van der Waals surface area contributed by atoms with E-state index in [0.29, 0.717) is 0 Å². The van der Waals surface area contributed by atoms with Crippen LogP contribution in [0.2, 0.25) is 0 Å². The lowest BCUT2D eigenvalue weighted by Crippen LogP contribution is -2.11. The van der Waals surface area contributed by atoms with Crippen LogP contribution in [-0.2, 0) is 0 Å². The summed E-state index contributed by atoms with van der Waals surface area (Å²) in [5, 5.41) is 3.11. The minimum atomic E-state index is 0.782. The average molecular weight is 207 g/mol. The Labute approximate surface area is 92.6 Å². The van der Waals surface area contributed by atoms with E-state index in [2.05, 4.69) is 38.2 Å². The molecule has 0 heterocycles. The van der Waals surface area contributed by atoms with Crippen molar-refractivity contribution in [2.24, 2.45) is 0 Å². The van der Waals surface area contributed by atoms with Gasteiger partial charge < -0.3 is 10.1 Å². The van der Waals surface area contributed by atoms with Gasteiger partial charge in [0.15, 0.2) is 0 Å². The molecule has 0 saturated heterocycles. The number of ether oxygens (including phenoxy) is 1. The molecule has 0 fully saturated rings. The van der Waals surface area contributed by atoms with E-state index in [1.54, 1.807) is 0 Å². The van der Waals surface area contributed by atoms with Gasteiger partial charge in [-0.25, -0.2) is 0 Å². The summed E-state index contributed by atoms with van der Waals surface area (Å²) >= 11 is 0. The highest BCUT2D eigenvalue weighted by atomic mass is 16.5. The number of aryl methyl sites for hydroxylation is 3. The lowest BCUT2D eigenvalue weighted by Gasteiger charge is -2.11. The largest absolute Gasteiger partial charge is 0.493 e. The zero-order valence-electron chi connectivity index (χ0n) is 10.2. The second kappa shape index (κ2) is 5.76. The summed E-state index contributed by atoms with van der Waals surface area (Å²) in [5.41, 5.74) is 3.85. The van der Waals surface area contributed by atoms with Crippen molar-refractivity contribution in [3.63, 3.8) is 0 Å². The van der Waals surface area contributed by atoms with E-state index < -0.39 is 0 Å². The first-order valence-electron chi connectivity index (χ1n) is 5.50. The van der Waals surface area contributed by atoms with Crippen LogP contribution in [0.5, 0.6) is 5.75 Å². The molecule has 1 N–H and O–H groups in total. The van der Waals surface area contributed by atoms with Crippen molar-refractivity contribution >= 4 is 0 Å². The van der Waals surface area contributed by atoms with Gasteiger partial charge in [0.1, 0.15) is 5.75 Å². The predicted octanol–water partition coefficient (Wildman–Crippen LogP) is 2.60. The summed E-state index contributed by atoms with van der Waals surface area (Å²) in [7, 11) is 1.96. The summed E-state index contributed by atoms with van der Waals surface area (Å²) in [5.74, 6) is 1.02. The summed E-state index contributed by atoms with van der Waals surface area (Å²) in [4.78, 5) is 0. The van der Waals surface area contributed by atoms with E-state index in [-0.39, 0.29) is 0 Å². The Balaban J connectivity index is 2.57. The lowest BCUT2D eigenvalue weighted by atomic mass is 10.1. The van der Waals surface area contributed by atoms with Gasteiger partial charge in [-0.1, -0.05) is 6.07 Å². The maximum atomic E-state index is 5.73. The van der Waals surface area contributed by atoms with Gasteiger partial charge in [-0.3, -0.25) is 0 Å². The first-order valence-corrected chi connectivity index (χ1v) is 5.50. The van der Waals surface area contributed by atoms with Gasteiger partial charge in [-0.2, -0.15) is 0 Å². The molecule has 0 amide bonds. The quantitative estimate of drug-likeness (QED) is 0.749. The highest BCUT2D eigenvalue weighted by Crippen LogP contribution is 2.22. The molecule has 1 aromatic carbocycles. The molecule has 0 aliphatic heterocycles. The van der Waals surface area contributed by atoms with Gasteiger partial charge in [-0.05, 0) is 63.5 Å². The molecular weight excluding hydrogens is 186 g/mol. The van der Waals surface area contributed by atoms with Crippen LogP contribution in [0.4, 0.5) is 0 Å². The fourth-order valence-electron chi connectivity index (χ4n) is 1.52. The smallest absolute Gasteiger partial charge is 0.122 e. The topological polar surface area (TPSA) is 21.3 Å². The Kier molecular flexibility index (Phi) is 4.63. The van der Waals surface area contributed by atoms with Crippen molar-refractivity contribution < 1.29 is 4.74 Å². The van der Waals surface area contributed by atoms with E-state index in [9.17, 15) is 0 Å². The summed E-state index contributed by atoms with van der Waals surface area (Å²) in [6.07, 6.45) is 1.04. The maximum absolute atomic E-state index is 5.73.